The summed E-state index contributed by atoms with van der Waals surface area (Å²) in [7, 11) is -3.79. The number of fused-ring (bicyclic) bond motifs is 1. The van der Waals surface area contributed by atoms with Gasteiger partial charge < -0.3 is 14.9 Å². The average molecular weight is 404 g/mol. The highest BCUT2D eigenvalue weighted by Gasteiger charge is 2.32. The van der Waals surface area contributed by atoms with Gasteiger partial charge in [-0.1, -0.05) is 18.2 Å². The van der Waals surface area contributed by atoms with Gasteiger partial charge in [-0.25, -0.2) is 13.6 Å². The maximum absolute atomic E-state index is 13.1. The van der Waals surface area contributed by atoms with Crippen molar-refractivity contribution in [2.45, 2.75) is 37.3 Å². The number of primary sulfonamides is 1. The van der Waals surface area contributed by atoms with Crippen molar-refractivity contribution >= 4 is 27.3 Å². The number of nitrogens with zero attached hydrogens (tertiary/aromatic N) is 2. The molecule has 1 aliphatic rings. The number of nitrogens with two attached hydrogens (primary N) is 1. The number of hydrogen-bond donors (Lipinski definition) is 2. The number of sulfonamides is 1. The normalized spacial score (nSPS) is 17.3. The standard InChI is InChI=1S/C20H25N3O4S/c1-14-10-16-11-18(28(21,26)27)8-9-19(16)23(14)20(25)13-22(12-15(2)24)17-6-4-3-5-7-17/h3-9,11,14-15,24H,10,12-13H2,1-2H3,(H2,21,26,27). The van der Waals surface area contributed by atoms with Crippen molar-refractivity contribution in [3.8, 4) is 0 Å². The Morgan fingerprint density at radius 3 is 2.57 bits per heavy atom. The Morgan fingerprint density at radius 2 is 1.96 bits per heavy atom. The van der Waals surface area contributed by atoms with E-state index in [0.717, 1.165) is 11.3 Å². The molecule has 8 heteroatoms. The van der Waals surface area contributed by atoms with Crippen molar-refractivity contribution < 1.29 is 18.3 Å². The fourth-order valence-corrected chi connectivity index (χ4v) is 4.19. The van der Waals surface area contributed by atoms with E-state index in [2.05, 4.69) is 0 Å². The number of amides is 1. The molecule has 2 unspecified atom stereocenters. The Kier molecular flexibility index (Phi) is 5.74. The fourth-order valence-electron chi connectivity index (χ4n) is 3.62. The van der Waals surface area contributed by atoms with Crippen LogP contribution in [0.2, 0.25) is 0 Å². The lowest BCUT2D eigenvalue weighted by atomic mass is 10.1. The Balaban J connectivity index is 1.86. The average Bonchev–Trinajstić information content (AvgIpc) is 2.95. The molecule has 150 valence electrons. The van der Waals surface area contributed by atoms with Gasteiger partial charge in [0.15, 0.2) is 0 Å². The van der Waals surface area contributed by atoms with Crippen LogP contribution in [0.5, 0.6) is 0 Å². The van der Waals surface area contributed by atoms with Gasteiger partial charge in [-0.3, -0.25) is 4.79 Å². The van der Waals surface area contributed by atoms with Gasteiger partial charge in [0, 0.05) is 24.0 Å². The number of rotatable bonds is 6. The first-order valence-corrected chi connectivity index (χ1v) is 10.7. The number of benzene rings is 2. The molecule has 0 spiro atoms. The number of aliphatic hydroxyl groups excluding tert-OH is 1. The lowest BCUT2D eigenvalue weighted by Gasteiger charge is -2.30. The predicted octanol–water partition coefficient (Wildman–Crippen LogP) is 1.50. The van der Waals surface area contributed by atoms with E-state index in [4.69, 9.17) is 5.14 Å². The second-order valence-electron chi connectivity index (χ2n) is 7.22. The van der Waals surface area contributed by atoms with Crippen molar-refractivity contribution in [3.63, 3.8) is 0 Å². The molecule has 0 bridgehead atoms. The number of para-hydroxylation sites is 1. The summed E-state index contributed by atoms with van der Waals surface area (Å²) >= 11 is 0. The maximum atomic E-state index is 13.1. The van der Waals surface area contributed by atoms with Crippen molar-refractivity contribution in [1.82, 2.24) is 0 Å². The Labute approximate surface area is 165 Å². The predicted molar refractivity (Wildman–Crippen MR) is 109 cm³/mol. The molecule has 2 atom stereocenters. The molecular weight excluding hydrogens is 378 g/mol. The van der Waals surface area contributed by atoms with Gasteiger partial charge in [0.1, 0.15) is 0 Å². The summed E-state index contributed by atoms with van der Waals surface area (Å²) in [6.07, 6.45) is -0.0276. The Morgan fingerprint density at radius 1 is 1.29 bits per heavy atom. The van der Waals surface area contributed by atoms with Crippen LogP contribution in [0.1, 0.15) is 19.4 Å². The molecule has 0 fully saturated rings. The molecule has 2 aromatic carbocycles. The largest absolute Gasteiger partial charge is 0.392 e. The van der Waals surface area contributed by atoms with Gasteiger partial charge in [-0.2, -0.15) is 0 Å². The van der Waals surface area contributed by atoms with E-state index in [-0.39, 0.29) is 23.4 Å². The second kappa shape index (κ2) is 7.90. The highest BCUT2D eigenvalue weighted by Crippen LogP contribution is 2.34. The number of carbonyl (C=O) groups is 1. The highest BCUT2D eigenvalue weighted by molar-refractivity contribution is 7.89. The van der Waals surface area contributed by atoms with Crippen LogP contribution in [0.3, 0.4) is 0 Å². The van der Waals surface area contributed by atoms with Crippen molar-refractivity contribution in [3.05, 3.63) is 54.1 Å². The van der Waals surface area contributed by atoms with E-state index in [1.54, 1.807) is 24.0 Å². The lowest BCUT2D eigenvalue weighted by Crippen LogP contribution is -2.45. The second-order valence-corrected chi connectivity index (χ2v) is 8.78. The van der Waals surface area contributed by atoms with Crippen LogP contribution in [0.15, 0.2) is 53.4 Å². The Bertz CT molecular complexity index is 961. The summed E-state index contributed by atoms with van der Waals surface area (Å²) in [5.41, 5.74) is 2.34. The molecule has 0 aromatic heterocycles. The van der Waals surface area contributed by atoms with Crippen LogP contribution in [-0.2, 0) is 21.2 Å². The van der Waals surface area contributed by atoms with Gasteiger partial charge in [-0.05, 0) is 56.2 Å². The summed E-state index contributed by atoms with van der Waals surface area (Å²) in [4.78, 5) is 16.7. The van der Waals surface area contributed by atoms with E-state index < -0.39 is 16.1 Å². The number of anilines is 2. The summed E-state index contributed by atoms with van der Waals surface area (Å²) in [5.74, 6) is -0.112. The monoisotopic (exact) mass is 403 g/mol. The van der Waals surface area contributed by atoms with E-state index in [1.165, 1.54) is 6.07 Å². The number of aliphatic hydroxyl groups is 1. The Hall–Kier alpha value is -2.42. The number of hydrogen-bond acceptors (Lipinski definition) is 5. The van der Waals surface area contributed by atoms with E-state index in [1.807, 2.05) is 42.2 Å². The molecule has 3 N–H and O–H groups in total. The first-order valence-electron chi connectivity index (χ1n) is 9.12. The SMILES string of the molecule is CC(O)CN(CC(=O)N1c2ccc(S(N)(=O)=O)cc2CC1C)c1ccccc1. The van der Waals surface area contributed by atoms with Gasteiger partial charge in [0.05, 0.1) is 17.5 Å². The molecular formula is C20H25N3O4S. The summed E-state index contributed by atoms with van der Waals surface area (Å²) in [5, 5.41) is 15.1. The molecule has 28 heavy (non-hydrogen) atoms. The number of carbonyl (C=O) groups excluding carboxylic acids is 1. The zero-order chi connectivity index (χ0) is 20.5. The van der Waals surface area contributed by atoms with E-state index in [0.29, 0.717) is 18.7 Å². The first-order chi connectivity index (χ1) is 13.2. The smallest absolute Gasteiger partial charge is 0.246 e. The molecule has 0 saturated heterocycles. The van der Waals surface area contributed by atoms with E-state index in [9.17, 15) is 18.3 Å². The topological polar surface area (TPSA) is 104 Å². The van der Waals surface area contributed by atoms with Gasteiger partial charge in [0.25, 0.3) is 0 Å². The van der Waals surface area contributed by atoms with Gasteiger partial charge in [0.2, 0.25) is 15.9 Å². The third-order valence-electron chi connectivity index (χ3n) is 4.80. The minimum Gasteiger partial charge on any atom is -0.392 e. The van der Waals surface area contributed by atoms with Gasteiger partial charge in [-0.15, -0.1) is 0 Å². The van der Waals surface area contributed by atoms with Crippen LogP contribution in [0.25, 0.3) is 0 Å². The van der Waals surface area contributed by atoms with Crippen molar-refractivity contribution in [2.24, 2.45) is 5.14 Å². The van der Waals surface area contributed by atoms with Gasteiger partial charge >= 0.3 is 0 Å². The molecule has 7 nitrogen and oxygen atoms in total. The molecule has 1 aliphatic heterocycles. The van der Waals surface area contributed by atoms with Crippen molar-refractivity contribution in [2.75, 3.05) is 22.9 Å². The van der Waals surface area contributed by atoms with Crippen molar-refractivity contribution in [1.29, 1.82) is 0 Å². The fraction of sp³-hybridized carbons (Fsp3) is 0.350. The van der Waals surface area contributed by atoms with Crippen LogP contribution < -0.4 is 14.9 Å². The molecule has 2 aromatic rings. The minimum atomic E-state index is -3.79. The molecule has 0 aliphatic carbocycles. The molecule has 0 saturated carbocycles. The summed E-state index contributed by atoms with van der Waals surface area (Å²) in [6.45, 7) is 4.05. The molecule has 3 rings (SSSR count). The summed E-state index contributed by atoms with van der Waals surface area (Å²) < 4.78 is 23.2. The van der Waals surface area contributed by atoms with Crippen LogP contribution in [0, 0.1) is 0 Å². The molecule has 0 radical (unpaired) electrons. The first kappa shape index (κ1) is 20.3. The third kappa shape index (κ3) is 4.35. The minimum absolute atomic E-state index is 0.0489. The van der Waals surface area contributed by atoms with Crippen LogP contribution in [-0.4, -0.2) is 44.7 Å². The zero-order valence-electron chi connectivity index (χ0n) is 15.9. The quantitative estimate of drug-likeness (QED) is 0.761. The van der Waals surface area contributed by atoms with E-state index >= 15 is 0 Å². The van der Waals surface area contributed by atoms with Crippen LogP contribution in [0.4, 0.5) is 11.4 Å². The maximum Gasteiger partial charge on any atom is 0.246 e. The third-order valence-corrected chi connectivity index (χ3v) is 5.71. The summed E-state index contributed by atoms with van der Waals surface area (Å²) in [6, 6.07) is 14.0. The molecule has 1 heterocycles. The highest BCUT2D eigenvalue weighted by atomic mass is 32.2. The van der Waals surface area contributed by atoms with Crippen LogP contribution >= 0.6 is 0 Å². The molecule has 1 amide bonds. The zero-order valence-corrected chi connectivity index (χ0v) is 16.8. The lowest BCUT2D eigenvalue weighted by molar-refractivity contribution is -0.117.